The van der Waals surface area contributed by atoms with Crippen molar-refractivity contribution in [2.45, 2.75) is 30.6 Å². The maximum Gasteiger partial charge on any atom is 0.296 e. The van der Waals surface area contributed by atoms with Crippen LogP contribution in [0.1, 0.15) is 16.7 Å². The monoisotopic (exact) mass is 752 g/mol. The van der Waals surface area contributed by atoms with Crippen LogP contribution < -0.4 is 11.1 Å². The molecule has 0 fully saturated rings. The third-order valence-corrected chi connectivity index (χ3v) is 10.2. The summed E-state index contributed by atoms with van der Waals surface area (Å²) in [5.74, 6) is -0.437. The van der Waals surface area contributed by atoms with E-state index in [1.54, 1.807) is 31.2 Å². The van der Waals surface area contributed by atoms with E-state index in [1.807, 2.05) is 62.4 Å². The molecule has 0 spiro atoms. The number of benzene rings is 6. The number of nitrogen functional groups attached to an aromatic ring is 1. The number of hydrogen-bond acceptors (Lipinski definition) is 12. The highest BCUT2D eigenvalue weighted by molar-refractivity contribution is 7.86. The van der Waals surface area contributed by atoms with E-state index in [0.717, 1.165) is 46.1 Å². The molecular weight excluding hydrogens is 721 g/mol. The smallest absolute Gasteiger partial charge is 0.296 e. The Labute approximate surface area is 304 Å². The van der Waals surface area contributed by atoms with Crippen molar-refractivity contribution in [1.29, 1.82) is 0 Å². The van der Waals surface area contributed by atoms with Gasteiger partial charge >= 0.3 is 0 Å². The first kappa shape index (κ1) is 36.6. The van der Waals surface area contributed by atoms with E-state index in [2.05, 4.69) is 25.8 Å². The molecule has 0 aromatic heterocycles. The van der Waals surface area contributed by atoms with Gasteiger partial charge in [-0.2, -0.15) is 27.1 Å². The van der Waals surface area contributed by atoms with Crippen LogP contribution in [0.2, 0.25) is 0 Å². The highest BCUT2D eigenvalue weighted by atomic mass is 32.2. The second-order valence-electron chi connectivity index (χ2n) is 12.1. The van der Waals surface area contributed by atoms with Gasteiger partial charge in [0.2, 0.25) is 0 Å². The Bertz CT molecular complexity index is 2730. The van der Waals surface area contributed by atoms with Gasteiger partial charge in [-0.25, -0.2) is 0 Å². The van der Waals surface area contributed by atoms with Gasteiger partial charge in [0.1, 0.15) is 32.7 Å². The average molecular weight is 753 g/mol. The summed E-state index contributed by atoms with van der Waals surface area (Å²) in [6, 6.07) is 26.0. The van der Waals surface area contributed by atoms with E-state index in [-0.39, 0.29) is 11.1 Å². The Morgan fingerprint density at radius 3 is 1.74 bits per heavy atom. The normalized spacial score (nSPS) is 12.2. The Kier molecular flexibility index (Phi) is 9.72. The summed E-state index contributed by atoms with van der Waals surface area (Å²) in [5.41, 5.74) is 12.2. The van der Waals surface area contributed by atoms with Gasteiger partial charge in [-0.05, 0) is 109 Å². The Morgan fingerprint density at radius 1 is 0.585 bits per heavy atom. The maximum absolute atomic E-state index is 12.3. The number of aryl methyl sites for hydroxylation is 3. The van der Waals surface area contributed by atoms with Crippen LogP contribution in [0.4, 0.5) is 39.8 Å². The van der Waals surface area contributed by atoms with Crippen molar-refractivity contribution in [3.05, 3.63) is 114 Å². The zero-order chi connectivity index (χ0) is 38.2. The van der Waals surface area contributed by atoms with Crippen LogP contribution in [0.3, 0.4) is 0 Å². The fourth-order valence-electron chi connectivity index (χ4n) is 5.67. The Hall–Kier alpha value is -6.20. The molecule has 16 heteroatoms. The van der Waals surface area contributed by atoms with Gasteiger partial charge in [0.05, 0.1) is 28.1 Å². The maximum atomic E-state index is 12.3. The van der Waals surface area contributed by atoms with Gasteiger partial charge in [0.15, 0.2) is 0 Å². The summed E-state index contributed by atoms with van der Waals surface area (Å²) >= 11 is 0. The minimum atomic E-state index is -5.05. The molecule has 0 bridgehead atoms. The van der Waals surface area contributed by atoms with Gasteiger partial charge < -0.3 is 21.3 Å². The third-order valence-electron chi connectivity index (χ3n) is 8.42. The molecule has 6 aromatic carbocycles. The third kappa shape index (κ3) is 7.70. The van der Waals surface area contributed by atoms with E-state index < -0.39 is 52.5 Å². The number of phenolic OH excluding ortho intramolecular Hbond substituents is 2. The molecule has 53 heavy (non-hydrogen) atoms. The molecule has 0 amide bonds. The minimum Gasteiger partial charge on any atom is -0.508 e. The summed E-state index contributed by atoms with van der Waals surface area (Å²) in [4.78, 5) is -1.62. The van der Waals surface area contributed by atoms with Crippen molar-refractivity contribution in [3.63, 3.8) is 0 Å². The van der Waals surface area contributed by atoms with E-state index in [9.17, 15) is 36.2 Å². The molecule has 0 aliphatic heterocycles. The lowest BCUT2D eigenvalue weighted by molar-refractivity contribution is 0.475. The summed E-state index contributed by atoms with van der Waals surface area (Å²) in [6.45, 7) is 5.63. The molecule has 0 atom stereocenters. The lowest BCUT2D eigenvalue weighted by Gasteiger charge is -2.13. The SMILES string of the molecule is Cc1cc(-c2ccc(N=Nc3c(S(=O)(=O)O)cc4c(S(=O)(=O)O)ccc(O)c4c3N)c(C)c2)ccc1N=Nc1ccc(O)cc1Nc1ccccc1C. The summed E-state index contributed by atoms with van der Waals surface area (Å²) in [6.07, 6.45) is 0. The van der Waals surface area contributed by atoms with Gasteiger partial charge in [-0.3, -0.25) is 9.11 Å². The predicted molar refractivity (Wildman–Crippen MR) is 202 cm³/mol. The number of nitrogens with two attached hydrogens (primary N) is 1. The fraction of sp³-hybridized carbons (Fsp3) is 0.0811. The molecule has 6 rings (SSSR count). The van der Waals surface area contributed by atoms with Crippen LogP contribution in [0.25, 0.3) is 21.9 Å². The Balaban J connectivity index is 1.29. The van der Waals surface area contributed by atoms with Gasteiger partial charge in [-0.1, -0.05) is 30.3 Å². The number of nitrogens with one attached hydrogen (secondary N) is 1. The molecule has 0 aliphatic rings. The van der Waals surface area contributed by atoms with Crippen LogP contribution >= 0.6 is 0 Å². The summed E-state index contributed by atoms with van der Waals surface area (Å²) in [7, 11) is -9.92. The highest BCUT2D eigenvalue weighted by Crippen LogP contribution is 2.44. The molecule has 0 saturated heterocycles. The molecule has 0 heterocycles. The van der Waals surface area contributed by atoms with Gasteiger partial charge in [0, 0.05) is 17.1 Å². The predicted octanol–water partition coefficient (Wildman–Crippen LogP) is 9.49. The van der Waals surface area contributed by atoms with Crippen LogP contribution in [0, 0.1) is 20.8 Å². The first-order chi connectivity index (χ1) is 25.0. The molecule has 6 aromatic rings. The van der Waals surface area contributed by atoms with E-state index in [4.69, 9.17) is 5.73 Å². The largest absolute Gasteiger partial charge is 0.508 e. The van der Waals surface area contributed by atoms with Crippen LogP contribution in [0.5, 0.6) is 11.5 Å². The van der Waals surface area contributed by atoms with Crippen LogP contribution in [-0.4, -0.2) is 36.2 Å². The lowest BCUT2D eigenvalue weighted by atomic mass is 10.0. The standard InChI is InChI=1S/C37H32N6O8S2/c1-20-6-4-5-7-27(20)39-31-18-25(44)10-13-30(31)42-40-28-11-8-23(16-21(28)2)24-9-12-29(22(3)17-24)41-43-37-34(53(49,50)51)19-26-33(52(46,47)48)15-14-32(45)35(26)36(37)38/h4-19,39,44-45H,38H2,1-3H3,(H,46,47,48)(H,49,50,51). The molecule has 14 nitrogen and oxygen atoms in total. The molecular formula is C37H32N6O8S2. The van der Waals surface area contributed by atoms with Crippen molar-refractivity contribution >= 4 is 70.8 Å². The topological polar surface area (TPSA) is 237 Å². The quantitative estimate of drug-likeness (QED) is 0.0464. The van der Waals surface area contributed by atoms with E-state index in [1.165, 1.54) is 6.07 Å². The molecule has 0 radical (unpaired) electrons. The van der Waals surface area contributed by atoms with Crippen LogP contribution in [0.15, 0.2) is 127 Å². The molecule has 7 N–H and O–H groups in total. The number of hydrogen-bond donors (Lipinski definition) is 6. The summed E-state index contributed by atoms with van der Waals surface area (Å²) in [5, 5.41) is 40.2. The van der Waals surface area contributed by atoms with Crippen molar-refractivity contribution in [3.8, 4) is 22.6 Å². The van der Waals surface area contributed by atoms with Gasteiger partial charge in [0.25, 0.3) is 20.2 Å². The van der Waals surface area contributed by atoms with Crippen LogP contribution in [-0.2, 0) is 20.2 Å². The lowest BCUT2D eigenvalue weighted by Crippen LogP contribution is -2.05. The molecule has 0 unspecified atom stereocenters. The summed E-state index contributed by atoms with van der Waals surface area (Å²) < 4.78 is 68.2. The number of anilines is 3. The molecule has 0 saturated carbocycles. The first-order valence-electron chi connectivity index (χ1n) is 15.7. The minimum absolute atomic E-state index is 0.0844. The number of phenols is 2. The van der Waals surface area contributed by atoms with Crippen molar-refractivity contribution in [2.24, 2.45) is 20.5 Å². The first-order valence-corrected chi connectivity index (χ1v) is 18.6. The number of rotatable bonds is 9. The van der Waals surface area contributed by atoms with Crippen molar-refractivity contribution in [2.75, 3.05) is 11.1 Å². The zero-order valence-corrected chi connectivity index (χ0v) is 30.0. The zero-order valence-electron chi connectivity index (χ0n) is 28.3. The average Bonchev–Trinajstić information content (AvgIpc) is 3.08. The highest BCUT2D eigenvalue weighted by Gasteiger charge is 2.26. The molecule has 0 aliphatic carbocycles. The van der Waals surface area contributed by atoms with E-state index >= 15 is 0 Å². The van der Waals surface area contributed by atoms with Gasteiger partial charge in [-0.15, -0.1) is 10.2 Å². The van der Waals surface area contributed by atoms with Crippen molar-refractivity contribution < 1.29 is 36.2 Å². The number of aromatic hydroxyl groups is 2. The number of para-hydroxylation sites is 1. The number of fused-ring (bicyclic) bond motifs is 1. The van der Waals surface area contributed by atoms with E-state index in [0.29, 0.717) is 28.3 Å². The number of azo groups is 2. The molecule has 270 valence electrons. The fourth-order valence-corrected chi connectivity index (χ4v) is 7.01. The second kappa shape index (κ2) is 14.1. The Morgan fingerprint density at radius 2 is 1.15 bits per heavy atom. The van der Waals surface area contributed by atoms with Crippen molar-refractivity contribution in [1.82, 2.24) is 0 Å². The number of nitrogens with zero attached hydrogens (tertiary/aromatic N) is 4. The second-order valence-corrected chi connectivity index (χ2v) is 14.9.